The first kappa shape index (κ1) is 19.0. The molecule has 1 aromatic carbocycles. The van der Waals surface area contributed by atoms with Gasteiger partial charge in [0.25, 0.3) is 0 Å². The molecule has 0 spiro atoms. The maximum atomic E-state index is 12.4. The van der Waals surface area contributed by atoms with Crippen molar-refractivity contribution in [2.24, 2.45) is 0 Å². The average molecular weight is 374 g/mol. The highest BCUT2D eigenvalue weighted by atomic mass is 35.5. The zero-order valence-corrected chi connectivity index (χ0v) is 15.9. The molecule has 1 fully saturated rings. The number of hydrogen-bond donors (Lipinski definition) is 0. The molecule has 1 saturated heterocycles. The fourth-order valence-corrected chi connectivity index (χ4v) is 3.99. The molecule has 1 heterocycles. The van der Waals surface area contributed by atoms with Crippen molar-refractivity contribution in [3.63, 3.8) is 0 Å². The van der Waals surface area contributed by atoms with Gasteiger partial charge in [0, 0.05) is 44.2 Å². The molecule has 134 valence electrons. The smallest absolute Gasteiger partial charge is 0.232 e. The van der Waals surface area contributed by atoms with Crippen molar-refractivity contribution in [2.75, 3.05) is 50.3 Å². The van der Waals surface area contributed by atoms with E-state index in [0.717, 1.165) is 24.9 Å². The van der Waals surface area contributed by atoms with Gasteiger partial charge in [-0.25, -0.2) is 8.42 Å². The van der Waals surface area contributed by atoms with Crippen molar-refractivity contribution >= 4 is 33.2 Å². The molecule has 0 unspecified atom stereocenters. The highest BCUT2D eigenvalue weighted by Crippen LogP contribution is 2.25. The van der Waals surface area contributed by atoms with Crippen LogP contribution in [0.3, 0.4) is 0 Å². The van der Waals surface area contributed by atoms with Crippen LogP contribution in [0.5, 0.6) is 0 Å². The molecule has 0 bridgehead atoms. The van der Waals surface area contributed by atoms with E-state index in [0.29, 0.717) is 23.8 Å². The van der Waals surface area contributed by atoms with Crippen LogP contribution in [0.15, 0.2) is 18.2 Å². The maximum Gasteiger partial charge on any atom is 0.232 e. The Hall–Kier alpha value is -1.31. The van der Waals surface area contributed by atoms with Gasteiger partial charge in [0.05, 0.1) is 11.9 Å². The van der Waals surface area contributed by atoms with E-state index in [9.17, 15) is 13.2 Å². The predicted molar refractivity (Wildman–Crippen MR) is 97.1 cm³/mol. The van der Waals surface area contributed by atoms with Gasteiger partial charge in [-0.2, -0.15) is 0 Å². The van der Waals surface area contributed by atoms with Gasteiger partial charge >= 0.3 is 0 Å². The van der Waals surface area contributed by atoms with Gasteiger partial charge in [0.2, 0.25) is 15.9 Å². The summed E-state index contributed by atoms with van der Waals surface area (Å²) in [5, 5.41) is 0.554. The Kier molecular flexibility index (Phi) is 6.11. The topological polar surface area (TPSA) is 60.9 Å². The molecule has 1 aliphatic rings. The highest BCUT2D eigenvalue weighted by molar-refractivity contribution is 7.92. The van der Waals surface area contributed by atoms with E-state index in [4.69, 9.17) is 11.6 Å². The molecule has 6 nitrogen and oxygen atoms in total. The maximum absolute atomic E-state index is 12.4. The lowest BCUT2D eigenvalue weighted by atomic mass is 10.2. The first-order valence-electron chi connectivity index (χ1n) is 7.88. The summed E-state index contributed by atoms with van der Waals surface area (Å²) in [7, 11) is -1.45. The van der Waals surface area contributed by atoms with Crippen LogP contribution in [0, 0.1) is 6.92 Å². The Labute approximate surface area is 149 Å². The first-order chi connectivity index (χ1) is 11.2. The number of halogens is 1. The number of sulfonamides is 1. The Morgan fingerprint density at radius 2 is 1.88 bits per heavy atom. The summed E-state index contributed by atoms with van der Waals surface area (Å²) < 4.78 is 25.6. The van der Waals surface area contributed by atoms with Gasteiger partial charge in [-0.15, -0.1) is 0 Å². The lowest BCUT2D eigenvalue weighted by Gasteiger charge is -2.33. The van der Waals surface area contributed by atoms with Crippen LogP contribution in [0.1, 0.15) is 12.0 Å². The summed E-state index contributed by atoms with van der Waals surface area (Å²) in [6.07, 6.45) is 1.32. The number of hydrogen-bond acceptors (Lipinski definition) is 4. The normalized spacial score (nSPS) is 16.2. The van der Waals surface area contributed by atoms with E-state index >= 15 is 0 Å². The van der Waals surface area contributed by atoms with Crippen LogP contribution in [-0.2, 0) is 14.8 Å². The number of nitrogens with zero attached hydrogens (tertiary/aromatic N) is 3. The molecule has 0 atom stereocenters. The van der Waals surface area contributed by atoms with Crippen LogP contribution in [0.4, 0.5) is 5.69 Å². The number of amides is 1. The molecule has 0 saturated carbocycles. The Balaban J connectivity index is 2.09. The largest absolute Gasteiger partial charge is 0.340 e. The van der Waals surface area contributed by atoms with Crippen molar-refractivity contribution in [1.29, 1.82) is 0 Å². The molecule has 24 heavy (non-hydrogen) atoms. The highest BCUT2D eigenvalue weighted by Gasteiger charge is 2.23. The number of anilines is 1. The second-order valence-corrected chi connectivity index (χ2v) is 8.54. The lowest BCUT2D eigenvalue weighted by molar-refractivity contribution is -0.132. The quantitative estimate of drug-likeness (QED) is 0.786. The van der Waals surface area contributed by atoms with Gasteiger partial charge in [0.15, 0.2) is 0 Å². The van der Waals surface area contributed by atoms with Crippen molar-refractivity contribution in [1.82, 2.24) is 9.80 Å². The van der Waals surface area contributed by atoms with E-state index in [1.165, 1.54) is 4.31 Å². The van der Waals surface area contributed by atoms with Gasteiger partial charge in [-0.1, -0.05) is 11.6 Å². The van der Waals surface area contributed by atoms with Gasteiger partial charge in [0.1, 0.15) is 0 Å². The Morgan fingerprint density at radius 1 is 1.25 bits per heavy atom. The molecule has 1 aromatic rings. The molecule has 0 N–H and O–H groups in total. The van der Waals surface area contributed by atoms with Crippen molar-refractivity contribution in [2.45, 2.75) is 13.3 Å². The summed E-state index contributed by atoms with van der Waals surface area (Å²) in [6, 6.07) is 5.06. The minimum absolute atomic E-state index is 0.0108. The van der Waals surface area contributed by atoms with Crippen molar-refractivity contribution in [3.8, 4) is 0 Å². The number of likely N-dealkylation sites (N-methyl/N-ethyl adjacent to an activating group) is 1. The van der Waals surface area contributed by atoms with E-state index < -0.39 is 10.0 Å². The van der Waals surface area contributed by atoms with Crippen LogP contribution >= 0.6 is 11.6 Å². The lowest BCUT2D eigenvalue weighted by Crippen LogP contribution is -2.48. The second-order valence-electron chi connectivity index (χ2n) is 6.20. The summed E-state index contributed by atoms with van der Waals surface area (Å²) in [5.74, 6) is -0.0108. The van der Waals surface area contributed by atoms with Crippen LogP contribution in [0.2, 0.25) is 5.02 Å². The third-order valence-corrected chi connectivity index (χ3v) is 5.63. The van der Waals surface area contributed by atoms with E-state index in [1.54, 1.807) is 23.1 Å². The summed E-state index contributed by atoms with van der Waals surface area (Å²) in [4.78, 5) is 16.3. The Bertz CT molecular complexity index is 701. The fraction of sp³-hybridized carbons (Fsp3) is 0.562. The van der Waals surface area contributed by atoms with E-state index in [1.807, 2.05) is 14.0 Å². The van der Waals surface area contributed by atoms with Crippen molar-refractivity contribution in [3.05, 3.63) is 28.8 Å². The average Bonchev–Trinajstić information content (AvgIpc) is 2.48. The molecular weight excluding hydrogens is 350 g/mol. The summed E-state index contributed by atoms with van der Waals surface area (Å²) in [5.41, 5.74) is 1.33. The minimum Gasteiger partial charge on any atom is -0.340 e. The molecular formula is C16H24ClN3O3S. The molecule has 1 amide bonds. The fourth-order valence-electron chi connectivity index (χ4n) is 2.77. The third kappa shape index (κ3) is 4.84. The van der Waals surface area contributed by atoms with Gasteiger partial charge in [-0.05, 0) is 37.7 Å². The molecule has 0 aromatic heterocycles. The number of carbonyl (C=O) groups is 1. The first-order valence-corrected chi connectivity index (χ1v) is 10.1. The monoisotopic (exact) mass is 373 g/mol. The predicted octanol–water partition coefficient (Wildman–Crippen LogP) is 1.58. The van der Waals surface area contributed by atoms with E-state index in [2.05, 4.69) is 4.90 Å². The Morgan fingerprint density at radius 3 is 2.42 bits per heavy atom. The second kappa shape index (κ2) is 7.72. The van der Waals surface area contributed by atoms with E-state index in [-0.39, 0.29) is 18.9 Å². The summed E-state index contributed by atoms with van der Waals surface area (Å²) in [6.45, 7) is 5.01. The zero-order valence-electron chi connectivity index (χ0n) is 14.3. The van der Waals surface area contributed by atoms with Crippen LogP contribution in [0.25, 0.3) is 0 Å². The van der Waals surface area contributed by atoms with Crippen molar-refractivity contribution < 1.29 is 13.2 Å². The SMILES string of the molecule is Cc1cc(Cl)ccc1N(CCC(=O)N1CCN(C)CC1)S(C)(=O)=O. The molecule has 1 aliphatic heterocycles. The number of piperazine rings is 1. The molecule has 0 radical (unpaired) electrons. The molecule has 0 aliphatic carbocycles. The number of rotatable bonds is 5. The van der Waals surface area contributed by atoms with Crippen LogP contribution < -0.4 is 4.31 Å². The molecule has 2 rings (SSSR count). The summed E-state index contributed by atoms with van der Waals surface area (Å²) >= 11 is 5.94. The number of benzene rings is 1. The molecule has 8 heteroatoms. The minimum atomic E-state index is -3.48. The number of aryl methyl sites for hydroxylation is 1. The van der Waals surface area contributed by atoms with Gasteiger partial charge < -0.3 is 9.80 Å². The number of carbonyl (C=O) groups excluding carboxylic acids is 1. The third-order valence-electron chi connectivity index (χ3n) is 4.21. The van der Waals surface area contributed by atoms with Gasteiger partial charge in [-0.3, -0.25) is 9.10 Å². The zero-order chi connectivity index (χ0) is 17.9. The standard InChI is InChI=1S/C16H24ClN3O3S/c1-13-12-14(17)4-5-15(13)20(24(3,22)23)7-6-16(21)19-10-8-18(2)9-11-19/h4-5,12H,6-11H2,1-3H3. The van der Waals surface area contributed by atoms with Crippen LogP contribution in [-0.4, -0.2) is 70.2 Å².